The molecular weight excluding hydrogens is 391 g/mol. The number of amides is 1. The average Bonchev–Trinajstić information content (AvgIpc) is 3.10. The molecule has 1 heterocycles. The highest BCUT2D eigenvalue weighted by molar-refractivity contribution is 6.36. The van der Waals surface area contributed by atoms with Crippen LogP contribution < -0.4 is 5.43 Å². The number of nitro groups is 1. The fourth-order valence-corrected chi connectivity index (χ4v) is 2.85. The summed E-state index contributed by atoms with van der Waals surface area (Å²) in [5, 5.41) is 15.3. The third kappa shape index (κ3) is 4.33. The zero-order valence-electron chi connectivity index (χ0n) is 13.7. The first-order chi connectivity index (χ1) is 13.0. The Morgan fingerprint density at radius 3 is 2.56 bits per heavy atom. The summed E-state index contributed by atoms with van der Waals surface area (Å²) in [7, 11) is 0. The summed E-state index contributed by atoms with van der Waals surface area (Å²) >= 11 is 11.8. The van der Waals surface area contributed by atoms with Crippen molar-refractivity contribution in [2.24, 2.45) is 5.10 Å². The minimum absolute atomic E-state index is 0.00762. The normalized spacial score (nSPS) is 10.9. The molecule has 0 bridgehead atoms. The number of hydrazone groups is 1. The monoisotopic (exact) mass is 402 g/mol. The number of hydrogen-bond acceptors (Lipinski definition) is 4. The van der Waals surface area contributed by atoms with Crippen LogP contribution in [0.2, 0.25) is 10.0 Å². The maximum Gasteiger partial charge on any atom is 0.272 e. The first-order valence-corrected chi connectivity index (χ1v) is 8.42. The quantitative estimate of drug-likeness (QED) is 0.388. The van der Waals surface area contributed by atoms with Gasteiger partial charge in [-0.1, -0.05) is 23.2 Å². The Bertz CT molecular complexity index is 1030. The van der Waals surface area contributed by atoms with E-state index in [2.05, 4.69) is 10.5 Å². The Morgan fingerprint density at radius 2 is 1.89 bits per heavy atom. The zero-order chi connectivity index (χ0) is 19.4. The van der Waals surface area contributed by atoms with E-state index < -0.39 is 10.8 Å². The number of rotatable bonds is 5. The number of carbonyl (C=O) groups excluding carboxylic acids is 1. The summed E-state index contributed by atoms with van der Waals surface area (Å²) in [6.07, 6.45) is 3.24. The number of halogens is 2. The van der Waals surface area contributed by atoms with E-state index in [0.717, 1.165) is 5.69 Å². The van der Waals surface area contributed by atoms with Gasteiger partial charge in [-0.05, 0) is 42.5 Å². The maximum absolute atomic E-state index is 12.1. The van der Waals surface area contributed by atoms with Gasteiger partial charge in [0.05, 0.1) is 27.4 Å². The molecule has 0 fully saturated rings. The van der Waals surface area contributed by atoms with Crippen molar-refractivity contribution in [1.82, 2.24) is 9.99 Å². The van der Waals surface area contributed by atoms with Gasteiger partial charge in [0.25, 0.3) is 11.6 Å². The molecule has 0 saturated heterocycles. The van der Waals surface area contributed by atoms with Crippen molar-refractivity contribution in [1.29, 1.82) is 0 Å². The van der Waals surface area contributed by atoms with Crippen LogP contribution in [-0.2, 0) is 0 Å². The molecule has 3 aromatic rings. The molecule has 0 spiro atoms. The molecule has 0 aliphatic heterocycles. The zero-order valence-corrected chi connectivity index (χ0v) is 15.2. The average molecular weight is 403 g/mol. The van der Waals surface area contributed by atoms with Crippen LogP contribution in [0.5, 0.6) is 0 Å². The topological polar surface area (TPSA) is 89.5 Å². The molecule has 0 radical (unpaired) electrons. The van der Waals surface area contributed by atoms with E-state index >= 15 is 0 Å². The molecule has 0 saturated carbocycles. The Morgan fingerprint density at radius 1 is 1.15 bits per heavy atom. The van der Waals surface area contributed by atoms with Crippen molar-refractivity contribution in [3.8, 4) is 5.69 Å². The molecule has 1 N–H and O–H groups in total. The number of non-ortho nitro benzene ring substituents is 1. The maximum atomic E-state index is 12.1. The molecule has 9 heteroatoms. The highest BCUT2D eigenvalue weighted by Gasteiger charge is 2.10. The molecule has 27 heavy (non-hydrogen) atoms. The van der Waals surface area contributed by atoms with Gasteiger partial charge in [0.1, 0.15) is 0 Å². The Kier molecular flexibility index (Phi) is 5.54. The van der Waals surface area contributed by atoms with Gasteiger partial charge in [-0.15, -0.1) is 0 Å². The Labute approximate surface area is 164 Å². The van der Waals surface area contributed by atoms with Crippen molar-refractivity contribution in [2.45, 2.75) is 0 Å². The van der Waals surface area contributed by atoms with Crippen LogP contribution in [0.1, 0.15) is 16.1 Å². The van der Waals surface area contributed by atoms with Crippen molar-refractivity contribution in [3.05, 3.63) is 92.2 Å². The third-order valence-electron chi connectivity index (χ3n) is 3.66. The van der Waals surface area contributed by atoms with Crippen LogP contribution in [0.4, 0.5) is 5.69 Å². The van der Waals surface area contributed by atoms with Gasteiger partial charge in [0.2, 0.25) is 0 Å². The van der Waals surface area contributed by atoms with Crippen molar-refractivity contribution < 1.29 is 9.72 Å². The molecule has 7 nitrogen and oxygen atoms in total. The predicted molar refractivity (Wildman–Crippen MR) is 104 cm³/mol. The third-order valence-corrected chi connectivity index (χ3v) is 4.21. The lowest BCUT2D eigenvalue weighted by atomic mass is 10.2. The number of carbonyl (C=O) groups is 1. The smallest absolute Gasteiger partial charge is 0.272 e. The molecule has 3 rings (SSSR count). The van der Waals surface area contributed by atoms with Crippen LogP contribution in [0.3, 0.4) is 0 Å². The number of aromatic nitrogens is 1. The second kappa shape index (κ2) is 8.03. The van der Waals surface area contributed by atoms with E-state index in [1.807, 2.05) is 0 Å². The van der Waals surface area contributed by atoms with E-state index in [-0.39, 0.29) is 16.3 Å². The first-order valence-electron chi connectivity index (χ1n) is 7.66. The van der Waals surface area contributed by atoms with Crippen molar-refractivity contribution in [3.63, 3.8) is 0 Å². The molecule has 136 valence electrons. The van der Waals surface area contributed by atoms with Gasteiger partial charge in [0, 0.05) is 29.0 Å². The van der Waals surface area contributed by atoms with Crippen LogP contribution in [0.15, 0.2) is 65.9 Å². The van der Waals surface area contributed by atoms with E-state index in [1.54, 1.807) is 41.1 Å². The molecule has 1 amide bonds. The van der Waals surface area contributed by atoms with Crippen LogP contribution in [0, 0.1) is 10.1 Å². The van der Waals surface area contributed by atoms with Gasteiger partial charge >= 0.3 is 0 Å². The van der Waals surface area contributed by atoms with Crippen molar-refractivity contribution >= 4 is 41.0 Å². The summed E-state index contributed by atoms with van der Waals surface area (Å²) in [6.45, 7) is 0. The minimum Gasteiger partial charge on any atom is -0.316 e. The van der Waals surface area contributed by atoms with Gasteiger partial charge in [-0.2, -0.15) is 5.10 Å². The molecular formula is C18H12Cl2N4O3. The molecule has 2 aromatic carbocycles. The number of benzene rings is 2. The SMILES string of the molecule is O=C(NN=Cc1cccn1-c1ccc([N+](=O)[O-])cc1)c1ccc(Cl)cc1Cl. The molecule has 1 aromatic heterocycles. The number of hydrogen-bond donors (Lipinski definition) is 1. The minimum atomic E-state index is -0.471. The Balaban J connectivity index is 1.74. The summed E-state index contributed by atoms with van der Waals surface area (Å²) in [5.41, 5.74) is 4.06. The lowest BCUT2D eigenvalue weighted by molar-refractivity contribution is -0.384. The predicted octanol–water partition coefficient (Wildman–Crippen LogP) is 4.46. The summed E-state index contributed by atoms with van der Waals surface area (Å²) in [5.74, 6) is -0.471. The molecule has 0 aliphatic rings. The van der Waals surface area contributed by atoms with Crippen LogP contribution in [0.25, 0.3) is 5.69 Å². The fraction of sp³-hybridized carbons (Fsp3) is 0. The second-order valence-corrected chi connectivity index (χ2v) is 6.24. The van der Waals surface area contributed by atoms with Gasteiger partial charge in [0.15, 0.2) is 0 Å². The highest BCUT2D eigenvalue weighted by atomic mass is 35.5. The van der Waals surface area contributed by atoms with Gasteiger partial charge in [-0.25, -0.2) is 5.43 Å². The summed E-state index contributed by atoms with van der Waals surface area (Å²) < 4.78 is 1.77. The first kappa shape index (κ1) is 18.6. The van der Waals surface area contributed by atoms with Crippen LogP contribution in [-0.4, -0.2) is 21.6 Å². The lowest BCUT2D eigenvalue weighted by Gasteiger charge is -2.06. The number of nitro benzene ring substituents is 1. The molecule has 0 atom stereocenters. The van der Waals surface area contributed by atoms with Gasteiger partial charge < -0.3 is 4.57 Å². The van der Waals surface area contributed by atoms with E-state index in [4.69, 9.17) is 23.2 Å². The Hall–Kier alpha value is -3.16. The molecule has 0 unspecified atom stereocenters. The van der Waals surface area contributed by atoms with Gasteiger partial charge in [-0.3, -0.25) is 14.9 Å². The standard InChI is InChI=1S/C18H12Cl2N4O3/c19-12-3-8-16(17(20)10-12)18(25)22-21-11-15-2-1-9-23(15)13-4-6-14(7-5-13)24(26)27/h1-11H,(H,22,25). The second-order valence-electron chi connectivity index (χ2n) is 5.40. The fourth-order valence-electron chi connectivity index (χ4n) is 2.36. The van der Waals surface area contributed by atoms with Crippen molar-refractivity contribution in [2.75, 3.05) is 0 Å². The van der Waals surface area contributed by atoms with E-state index in [1.165, 1.54) is 30.5 Å². The number of nitrogens with zero attached hydrogens (tertiary/aromatic N) is 3. The largest absolute Gasteiger partial charge is 0.316 e. The molecule has 0 aliphatic carbocycles. The lowest BCUT2D eigenvalue weighted by Crippen LogP contribution is -2.18. The number of nitrogens with one attached hydrogen (secondary N) is 1. The summed E-state index contributed by atoms with van der Waals surface area (Å²) in [4.78, 5) is 22.4. The van der Waals surface area contributed by atoms with E-state index in [0.29, 0.717) is 10.7 Å². The highest BCUT2D eigenvalue weighted by Crippen LogP contribution is 2.21. The summed E-state index contributed by atoms with van der Waals surface area (Å²) in [6, 6.07) is 14.2. The van der Waals surface area contributed by atoms with Crippen LogP contribution >= 0.6 is 23.2 Å². The van der Waals surface area contributed by atoms with E-state index in [9.17, 15) is 14.9 Å².